The zero-order valence-electron chi connectivity index (χ0n) is 7.83. The lowest BCUT2D eigenvalue weighted by Gasteiger charge is -2.19. The van der Waals surface area contributed by atoms with Gasteiger partial charge in [0.25, 0.3) is 0 Å². The Morgan fingerprint density at radius 2 is 1.92 bits per heavy atom. The first-order valence-corrected chi connectivity index (χ1v) is 4.21. The Bertz CT molecular complexity index is 210. The Morgan fingerprint density at radius 1 is 1.46 bits per heavy atom. The maximum atomic E-state index is 10.9. The van der Waals surface area contributed by atoms with Gasteiger partial charge < -0.3 is 15.8 Å². The molecule has 0 saturated carbocycles. The van der Waals surface area contributed by atoms with Crippen LogP contribution in [0, 0.1) is 0 Å². The summed E-state index contributed by atoms with van der Waals surface area (Å²) in [6, 6.07) is 0. The highest BCUT2D eigenvalue weighted by atomic mass is 32.1. The lowest BCUT2D eigenvalue weighted by Crippen LogP contribution is -2.43. The highest BCUT2D eigenvalue weighted by Gasteiger charge is 2.19. The molecule has 1 unspecified atom stereocenters. The van der Waals surface area contributed by atoms with E-state index in [2.05, 4.69) is 22.7 Å². The number of hydrogen-bond donors (Lipinski definition) is 3. The number of alkyl carbamates (subject to hydrolysis) is 1. The second-order valence-electron chi connectivity index (χ2n) is 3.53. The maximum absolute atomic E-state index is 10.9. The summed E-state index contributed by atoms with van der Waals surface area (Å²) in [4.78, 5) is 21.7. The fourth-order valence-electron chi connectivity index (χ4n) is 0.483. The van der Waals surface area contributed by atoms with Gasteiger partial charge in [-0.15, -0.1) is 12.6 Å². The molecule has 0 aromatic rings. The van der Waals surface area contributed by atoms with E-state index >= 15 is 0 Å². The van der Waals surface area contributed by atoms with Gasteiger partial charge in [-0.2, -0.15) is 0 Å². The Hall–Kier alpha value is -0.750. The van der Waals surface area contributed by atoms with Crippen LogP contribution < -0.4 is 11.1 Å². The third-order valence-corrected chi connectivity index (χ3v) is 1.12. The quantitative estimate of drug-likeness (QED) is 0.249. The smallest absolute Gasteiger partial charge is 0.374 e. The van der Waals surface area contributed by atoms with E-state index in [4.69, 9.17) is 5.73 Å². The number of thiol groups is 1. The van der Waals surface area contributed by atoms with Gasteiger partial charge in [0, 0.05) is 5.54 Å². The van der Waals surface area contributed by atoms with Crippen LogP contribution in [-0.2, 0) is 9.53 Å². The average molecular weight is 206 g/mol. The Kier molecular flexibility index (Phi) is 4.22. The molecule has 13 heavy (non-hydrogen) atoms. The number of carbonyl (C=O) groups is 2. The van der Waals surface area contributed by atoms with Crippen molar-refractivity contribution in [1.82, 2.24) is 5.32 Å². The molecule has 1 amide bonds. The first-order valence-electron chi connectivity index (χ1n) is 3.70. The van der Waals surface area contributed by atoms with Crippen molar-refractivity contribution >= 4 is 24.7 Å². The molecule has 76 valence electrons. The Morgan fingerprint density at radius 3 is 2.23 bits per heavy atom. The minimum absolute atomic E-state index is 0.446. The van der Waals surface area contributed by atoms with Gasteiger partial charge >= 0.3 is 12.1 Å². The van der Waals surface area contributed by atoms with E-state index in [1.54, 1.807) is 20.8 Å². The SMILES string of the molecule is CC(C)(C)NC(=O)OC(=O)C(N)S. The summed E-state index contributed by atoms with van der Waals surface area (Å²) in [5, 5.41) is 1.34. The maximum Gasteiger partial charge on any atom is 0.415 e. The van der Waals surface area contributed by atoms with Gasteiger partial charge in [0.15, 0.2) is 0 Å². The molecular weight excluding hydrogens is 192 g/mol. The van der Waals surface area contributed by atoms with Crippen molar-refractivity contribution in [2.45, 2.75) is 31.7 Å². The molecule has 0 heterocycles. The lowest BCUT2D eigenvalue weighted by atomic mass is 10.1. The van der Waals surface area contributed by atoms with E-state index in [0.29, 0.717) is 0 Å². The first kappa shape index (κ1) is 12.2. The molecule has 0 saturated heterocycles. The van der Waals surface area contributed by atoms with E-state index < -0.39 is 23.0 Å². The Balaban J connectivity index is 3.96. The van der Waals surface area contributed by atoms with E-state index in [1.807, 2.05) is 0 Å². The summed E-state index contributed by atoms with van der Waals surface area (Å²) in [5.74, 6) is -0.870. The highest BCUT2D eigenvalue weighted by Crippen LogP contribution is 1.99. The molecule has 5 nitrogen and oxygen atoms in total. The number of nitrogens with two attached hydrogens (primary N) is 1. The molecule has 0 radical (unpaired) electrons. The molecule has 0 aromatic heterocycles. The summed E-state index contributed by atoms with van der Waals surface area (Å²) >= 11 is 3.60. The van der Waals surface area contributed by atoms with Crippen LogP contribution in [0.4, 0.5) is 4.79 Å². The van der Waals surface area contributed by atoms with Crippen LogP contribution in [0.25, 0.3) is 0 Å². The van der Waals surface area contributed by atoms with E-state index in [9.17, 15) is 9.59 Å². The monoisotopic (exact) mass is 206 g/mol. The van der Waals surface area contributed by atoms with Crippen molar-refractivity contribution in [3.63, 3.8) is 0 Å². The normalized spacial score (nSPS) is 13.3. The molecule has 0 spiro atoms. The van der Waals surface area contributed by atoms with Crippen molar-refractivity contribution in [2.75, 3.05) is 0 Å². The number of hydrogen-bond acceptors (Lipinski definition) is 5. The second-order valence-corrected chi connectivity index (χ2v) is 4.08. The fourth-order valence-corrected chi connectivity index (χ4v) is 0.536. The Labute approximate surface area is 82.4 Å². The van der Waals surface area contributed by atoms with Crippen molar-refractivity contribution in [2.24, 2.45) is 5.73 Å². The van der Waals surface area contributed by atoms with Crippen molar-refractivity contribution in [3.8, 4) is 0 Å². The number of amides is 1. The van der Waals surface area contributed by atoms with Crippen LogP contribution >= 0.6 is 12.6 Å². The molecule has 3 N–H and O–H groups in total. The molecular formula is C7H14N2O3S. The third kappa shape index (κ3) is 6.41. The minimum Gasteiger partial charge on any atom is -0.374 e. The fraction of sp³-hybridized carbons (Fsp3) is 0.714. The number of carbonyl (C=O) groups excluding carboxylic acids is 2. The van der Waals surface area contributed by atoms with Crippen LogP contribution in [0.3, 0.4) is 0 Å². The average Bonchev–Trinajstić information content (AvgIpc) is 1.81. The molecule has 0 bridgehead atoms. The van der Waals surface area contributed by atoms with Gasteiger partial charge in [-0.05, 0) is 20.8 Å². The number of ether oxygens (including phenoxy) is 1. The zero-order chi connectivity index (χ0) is 10.6. The van der Waals surface area contributed by atoms with Crippen LogP contribution in [0.5, 0.6) is 0 Å². The lowest BCUT2D eigenvalue weighted by molar-refractivity contribution is -0.136. The van der Waals surface area contributed by atoms with Gasteiger partial charge in [-0.25, -0.2) is 9.59 Å². The molecule has 0 aromatic carbocycles. The van der Waals surface area contributed by atoms with Crippen molar-refractivity contribution in [3.05, 3.63) is 0 Å². The topological polar surface area (TPSA) is 81.4 Å². The number of rotatable bonds is 1. The predicted octanol–water partition coefficient (Wildman–Crippen LogP) is 0.252. The molecule has 0 aliphatic rings. The largest absolute Gasteiger partial charge is 0.415 e. The van der Waals surface area contributed by atoms with Gasteiger partial charge in [0.05, 0.1) is 0 Å². The molecule has 0 rings (SSSR count). The molecule has 0 aliphatic carbocycles. The summed E-state index contributed by atoms with van der Waals surface area (Å²) < 4.78 is 4.30. The summed E-state index contributed by atoms with van der Waals surface area (Å²) in [5.41, 5.74) is 4.61. The van der Waals surface area contributed by atoms with Crippen molar-refractivity contribution < 1.29 is 14.3 Å². The summed E-state index contributed by atoms with van der Waals surface area (Å²) in [7, 11) is 0. The first-order chi connectivity index (χ1) is 5.72. The van der Waals surface area contributed by atoms with Crippen molar-refractivity contribution in [1.29, 1.82) is 0 Å². The molecule has 0 aliphatic heterocycles. The van der Waals surface area contributed by atoms with E-state index in [0.717, 1.165) is 0 Å². The van der Waals surface area contributed by atoms with Crippen LogP contribution in [0.1, 0.15) is 20.8 Å². The van der Waals surface area contributed by atoms with Crippen LogP contribution in [-0.4, -0.2) is 23.0 Å². The second kappa shape index (κ2) is 4.48. The van der Waals surface area contributed by atoms with Crippen LogP contribution in [0.2, 0.25) is 0 Å². The third-order valence-electron chi connectivity index (χ3n) is 0.912. The van der Waals surface area contributed by atoms with Gasteiger partial charge in [-0.3, -0.25) is 0 Å². The zero-order valence-corrected chi connectivity index (χ0v) is 8.72. The minimum atomic E-state index is -1.09. The van der Waals surface area contributed by atoms with Gasteiger partial charge in [0.2, 0.25) is 0 Å². The summed E-state index contributed by atoms with van der Waals surface area (Å²) in [6.07, 6.45) is -0.818. The van der Waals surface area contributed by atoms with E-state index in [-0.39, 0.29) is 0 Å². The molecule has 6 heteroatoms. The number of nitrogens with one attached hydrogen (secondary N) is 1. The van der Waals surface area contributed by atoms with Crippen LogP contribution in [0.15, 0.2) is 0 Å². The summed E-state index contributed by atoms with van der Waals surface area (Å²) in [6.45, 7) is 5.29. The van der Waals surface area contributed by atoms with Gasteiger partial charge in [0.1, 0.15) is 5.37 Å². The standard InChI is InChI=1S/C7H14N2O3S/c1-7(2,3)9-6(11)12-5(10)4(8)13/h4,13H,8H2,1-3H3,(H,9,11). The van der Waals surface area contributed by atoms with Gasteiger partial charge in [-0.1, -0.05) is 0 Å². The predicted molar refractivity (Wildman–Crippen MR) is 51.3 cm³/mol. The van der Waals surface area contributed by atoms with E-state index in [1.165, 1.54) is 0 Å². The number of esters is 1. The molecule has 0 fully saturated rings. The molecule has 1 atom stereocenters. The highest BCUT2D eigenvalue weighted by molar-refractivity contribution is 7.81.